The molecular formula is C17H22N4O2S. The zero-order valence-electron chi connectivity index (χ0n) is 13.7. The quantitative estimate of drug-likeness (QED) is 0.415. The van der Waals surface area contributed by atoms with E-state index in [0.717, 1.165) is 24.2 Å². The second kappa shape index (κ2) is 9.67. The number of ether oxygens (including phenoxy) is 1. The second-order valence-electron chi connectivity index (χ2n) is 5.28. The van der Waals surface area contributed by atoms with Crippen LogP contribution >= 0.6 is 11.3 Å². The molecule has 1 aromatic carbocycles. The highest BCUT2D eigenvalue weighted by Gasteiger charge is 2.05. The summed E-state index contributed by atoms with van der Waals surface area (Å²) in [4.78, 5) is 15.8. The second-order valence-corrected chi connectivity index (χ2v) is 6.16. The Labute approximate surface area is 145 Å². The number of hydrogen-bond donors (Lipinski definition) is 2. The van der Waals surface area contributed by atoms with Crippen molar-refractivity contribution in [2.45, 2.75) is 32.6 Å². The van der Waals surface area contributed by atoms with Gasteiger partial charge in [0, 0.05) is 5.38 Å². The average Bonchev–Trinajstić information content (AvgIpc) is 2.97. The molecule has 0 aliphatic heterocycles. The van der Waals surface area contributed by atoms with E-state index in [4.69, 9.17) is 10.5 Å². The van der Waals surface area contributed by atoms with Gasteiger partial charge >= 0.3 is 0 Å². The summed E-state index contributed by atoms with van der Waals surface area (Å²) in [7, 11) is 0. The van der Waals surface area contributed by atoms with Gasteiger partial charge in [-0.2, -0.15) is 5.10 Å². The zero-order chi connectivity index (χ0) is 17.2. The predicted molar refractivity (Wildman–Crippen MR) is 97.4 cm³/mol. The number of thiazole rings is 1. The number of benzene rings is 1. The molecule has 0 unspecified atom stereocenters. The Bertz CT molecular complexity index is 685. The smallest absolute Gasteiger partial charge is 0.246 e. The van der Waals surface area contributed by atoms with Crippen LogP contribution in [0.25, 0.3) is 0 Å². The number of anilines is 1. The van der Waals surface area contributed by atoms with E-state index in [1.165, 1.54) is 17.8 Å². The third-order valence-corrected chi connectivity index (χ3v) is 3.91. The minimum atomic E-state index is -0.233. The number of hydrogen-bond acceptors (Lipinski definition) is 6. The maximum atomic E-state index is 11.8. The van der Waals surface area contributed by atoms with Gasteiger partial charge in [0.15, 0.2) is 5.13 Å². The SMILES string of the molecule is CCCCCOc1cccc(/C=N/NC(=O)Cc2csc(N)n2)c1. The molecule has 6 nitrogen and oxygen atoms in total. The van der Waals surface area contributed by atoms with Crippen LogP contribution in [0.2, 0.25) is 0 Å². The zero-order valence-corrected chi connectivity index (χ0v) is 14.5. The van der Waals surface area contributed by atoms with Crippen molar-refractivity contribution in [2.75, 3.05) is 12.3 Å². The predicted octanol–water partition coefficient (Wildman–Crippen LogP) is 2.99. The summed E-state index contributed by atoms with van der Waals surface area (Å²) in [5, 5.41) is 6.18. The van der Waals surface area contributed by atoms with Crippen molar-refractivity contribution in [3.8, 4) is 5.75 Å². The summed E-state index contributed by atoms with van der Waals surface area (Å²) in [6.45, 7) is 2.87. The van der Waals surface area contributed by atoms with Gasteiger partial charge in [-0.15, -0.1) is 11.3 Å². The number of carbonyl (C=O) groups is 1. The molecular weight excluding hydrogens is 324 g/mol. The Kier molecular flexibility index (Phi) is 7.22. The van der Waals surface area contributed by atoms with E-state index >= 15 is 0 Å². The lowest BCUT2D eigenvalue weighted by atomic mass is 10.2. The lowest BCUT2D eigenvalue weighted by molar-refractivity contribution is -0.120. The Morgan fingerprint density at radius 3 is 3.08 bits per heavy atom. The van der Waals surface area contributed by atoms with Crippen LogP contribution < -0.4 is 15.9 Å². The van der Waals surface area contributed by atoms with Gasteiger partial charge in [-0.3, -0.25) is 4.79 Å². The van der Waals surface area contributed by atoms with Gasteiger partial charge < -0.3 is 10.5 Å². The molecule has 0 aliphatic rings. The Balaban J connectivity index is 1.79. The van der Waals surface area contributed by atoms with Gasteiger partial charge in [-0.25, -0.2) is 10.4 Å². The van der Waals surface area contributed by atoms with Gasteiger partial charge in [0.25, 0.3) is 0 Å². The maximum absolute atomic E-state index is 11.8. The lowest BCUT2D eigenvalue weighted by Crippen LogP contribution is -2.19. The molecule has 0 saturated carbocycles. The van der Waals surface area contributed by atoms with Gasteiger partial charge in [-0.05, 0) is 24.1 Å². The molecule has 1 aromatic heterocycles. The van der Waals surface area contributed by atoms with Crippen LogP contribution in [0.5, 0.6) is 5.75 Å². The van der Waals surface area contributed by atoms with E-state index in [1.54, 1.807) is 11.6 Å². The third-order valence-electron chi connectivity index (χ3n) is 3.19. The molecule has 2 rings (SSSR count). The number of nitrogen functional groups attached to an aromatic ring is 1. The highest BCUT2D eigenvalue weighted by atomic mass is 32.1. The summed E-state index contributed by atoms with van der Waals surface area (Å²) in [5.74, 6) is 0.572. The standard InChI is InChI=1S/C17H22N4O2S/c1-2-3-4-8-23-15-7-5-6-13(9-15)11-19-21-16(22)10-14-12-24-17(18)20-14/h5-7,9,11-12H,2-4,8,10H2,1H3,(H2,18,20)(H,21,22)/b19-11+. The van der Waals surface area contributed by atoms with Crippen LogP contribution in [0.1, 0.15) is 37.4 Å². The minimum absolute atomic E-state index is 0.158. The Morgan fingerprint density at radius 1 is 1.46 bits per heavy atom. The molecule has 0 spiro atoms. The van der Waals surface area contributed by atoms with Crippen molar-refractivity contribution in [1.29, 1.82) is 0 Å². The lowest BCUT2D eigenvalue weighted by Gasteiger charge is -2.06. The van der Waals surface area contributed by atoms with E-state index in [9.17, 15) is 4.79 Å². The molecule has 1 heterocycles. The van der Waals surface area contributed by atoms with Crippen molar-refractivity contribution in [3.05, 3.63) is 40.9 Å². The molecule has 0 saturated heterocycles. The van der Waals surface area contributed by atoms with Gasteiger partial charge in [0.05, 0.1) is 24.9 Å². The number of carbonyl (C=O) groups excluding carboxylic acids is 1. The molecule has 0 aliphatic carbocycles. The van der Waals surface area contributed by atoms with E-state index in [-0.39, 0.29) is 12.3 Å². The van der Waals surface area contributed by atoms with Crippen LogP contribution in [-0.2, 0) is 11.2 Å². The van der Waals surface area contributed by atoms with Crippen LogP contribution in [-0.4, -0.2) is 23.7 Å². The number of amides is 1. The average molecular weight is 346 g/mol. The van der Waals surface area contributed by atoms with Crippen molar-refractivity contribution < 1.29 is 9.53 Å². The number of nitrogens with two attached hydrogens (primary N) is 1. The topological polar surface area (TPSA) is 89.6 Å². The Morgan fingerprint density at radius 2 is 2.33 bits per heavy atom. The molecule has 0 atom stereocenters. The van der Waals surface area contributed by atoms with Crippen molar-refractivity contribution in [3.63, 3.8) is 0 Å². The first-order valence-electron chi connectivity index (χ1n) is 7.92. The van der Waals surface area contributed by atoms with Gasteiger partial charge in [-0.1, -0.05) is 31.9 Å². The fourth-order valence-electron chi connectivity index (χ4n) is 2.01. The number of unbranched alkanes of at least 4 members (excludes halogenated alkanes) is 2. The van der Waals surface area contributed by atoms with Crippen LogP contribution in [0.3, 0.4) is 0 Å². The van der Waals surface area contributed by atoms with E-state index in [1.807, 2.05) is 24.3 Å². The summed E-state index contributed by atoms with van der Waals surface area (Å²) >= 11 is 1.31. The molecule has 7 heteroatoms. The number of aromatic nitrogens is 1. The molecule has 2 aromatic rings. The fourth-order valence-corrected chi connectivity index (χ4v) is 2.58. The maximum Gasteiger partial charge on any atom is 0.246 e. The van der Waals surface area contributed by atoms with Gasteiger partial charge in [0.2, 0.25) is 5.91 Å². The summed E-state index contributed by atoms with van der Waals surface area (Å²) < 4.78 is 5.69. The van der Waals surface area contributed by atoms with Crippen LogP contribution in [0.4, 0.5) is 5.13 Å². The van der Waals surface area contributed by atoms with Crippen molar-refractivity contribution in [2.24, 2.45) is 5.10 Å². The first-order chi connectivity index (χ1) is 11.7. The monoisotopic (exact) mass is 346 g/mol. The van der Waals surface area contributed by atoms with Crippen LogP contribution in [0, 0.1) is 0 Å². The summed E-state index contributed by atoms with van der Waals surface area (Å²) in [6, 6.07) is 7.60. The van der Waals surface area contributed by atoms with E-state index in [0.29, 0.717) is 17.4 Å². The first kappa shape index (κ1) is 17.9. The number of nitrogens with one attached hydrogen (secondary N) is 1. The molecule has 3 N–H and O–H groups in total. The third kappa shape index (κ3) is 6.37. The number of rotatable bonds is 9. The fraction of sp³-hybridized carbons (Fsp3) is 0.353. The van der Waals surface area contributed by atoms with E-state index in [2.05, 4.69) is 22.4 Å². The van der Waals surface area contributed by atoms with Gasteiger partial charge in [0.1, 0.15) is 5.75 Å². The number of nitrogens with zero attached hydrogens (tertiary/aromatic N) is 2. The molecule has 0 bridgehead atoms. The highest BCUT2D eigenvalue weighted by molar-refractivity contribution is 7.13. The largest absolute Gasteiger partial charge is 0.494 e. The Hall–Kier alpha value is -2.41. The highest BCUT2D eigenvalue weighted by Crippen LogP contribution is 2.13. The van der Waals surface area contributed by atoms with E-state index < -0.39 is 0 Å². The molecule has 1 amide bonds. The van der Waals surface area contributed by atoms with Crippen LogP contribution in [0.15, 0.2) is 34.7 Å². The first-order valence-corrected chi connectivity index (χ1v) is 8.80. The molecule has 0 radical (unpaired) electrons. The normalized spacial score (nSPS) is 10.9. The molecule has 0 fully saturated rings. The number of hydrazone groups is 1. The van der Waals surface area contributed by atoms with Crippen molar-refractivity contribution >= 4 is 28.6 Å². The summed E-state index contributed by atoms with van der Waals surface area (Å²) in [6.07, 6.45) is 5.13. The molecule has 24 heavy (non-hydrogen) atoms. The molecule has 128 valence electrons. The van der Waals surface area contributed by atoms with Crippen molar-refractivity contribution in [1.82, 2.24) is 10.4 Å². The summed E-state index contributed by atoms with van der Waals surface area (Å²) in [5.41, 5.74) is 9.52. The minimum Gasteiger partial charge on any atom is -0.494 e.